The Balaban J connectivity index is 2.61. The maximum Gasteiger partial charge on any atom is 0.352 e. The topological polar surface area (TPSA) is 42.2 Å². The van der Waals surface area contributed by atoms with E-state index in [1.54, 1.807) is 35.9 Å². The Kier molecular flexibility index (Phi) is 3.13. The summed E-state index contributed by atoms with van der Waals surface area (Å²) in [7, 11) is 1.68. The van der Waals surface area contributed by atoms with Gasteiger partial charge in [0.25, 0.3) is 0 Å². The monoisotopic (exact) mass is 269 g/mol. The van der Waals surface area contributed by atoms with Gasteiger partial charge in [0, 0.05) is 28.4 Å². The number of nitrogens with zero attached hydrogens (tertiary/aromatic N) is 1. The maximum atomic E-state index is 10.9. The van der Waals surface area contributed by atoms with Crippen molar-refractivity contribution in [3.05, 3.63) is 46.1 Å². The first-order valence-corrected chi connectivity index (χ1v) is 5.60. The van der Waals surface area contributed by atoms with Gasteiger partial charge < -0.3 is 9.67 Å². The molecule has 0 unspecified atom stereocenters. The predicted molar refractivity (Wildman–Crippen MR) is 67.8 cm³/mol. The SMILES string of the molecule is Cn1c(C(=O)O)ccc1-c1cc(Cl)ccc1Cl. The van der Waals surface area contributed by atoms with Gasteiger partial charge in [-0.05, 0) is 30.3 Å². The van der Waals surface area contributed by atoms with Gasteiger partial charge in [-0.1, -0.05) is 23.2 Å². The van der Waals surface area contributed by atoms with E-state index in [0.717, 1.165) is 5.69 Å². The fraction of sp³-hybridized carbons (Fsp3) is 0.0833. The predicted octanol–water partition coefficient (Wildman–Crippen LogP) is 3.70. The number of halogens is 2. The Morgan fingerprint density at radius 3 is 2.53 bits per heavy atom. The number of aromatic carboxylic acids is 1. The first-order valence-electron chi connectivity index (χ1n) is 4.85. The third-order valence-corrected chi connectivity index (χ3v) is 3.11. The molecule has 2 aromatic rings. The molecule has 0 bridgehead atoms. The lowest BCUT2D eigenvalue weighted by molar-refractivity contribution is 0.0687. The Morgan fingerprint density at radius 1 is 1.24 bits per heavy atom. The van der Waals surface area contributed by atoms with Crippen molar-refractivity contribution in [2.75, 3.05) is 0 Å². The van der Waals surface area contributed by atoms with Crippen molar-refractivity contribution < 1.29 is 9.90 Å². The van der Waals surface area contributed by atoms with E-state index in [9.17, 15) is 4.79 Å². The van der Waals surface area contributed by atoms with Crippen molar-refractivity contribution >= 4 is 29.2 Å². The van der Waals surface area contributed by atoms with Crippen LogP contribution in [-0.4, -0.2) is 15.6 Å². The lowest BCUT2D eigenvalue weighted by Crippen LogP contribution is -2.05. The largest absolute Gasteiger partial charge is 0.477 e. The first-order chi connectivity index (χ1) is 8.00. The number of hydrogen-bond donors (Lipinski definition) is 1. The molecule has 1 aromatic carbocycles. The molecule has 0 aliphatic rings. The summed E-state index contributed by atoms with van der Waals surface area (Å²) >= 11 is 12.0. The quantitative estimate of drug-likeness (QED) is 0.904. The molecule has 0 atom stereocenters. The zero-order chi connectivity index (χ0) is 12.6. The molecule has 1 N–H and O–H groups in total. The molecule has 5 heteroatoms. The summed E-state index contributed by atoms with van der Waals surface area (Å²) in [4.78, 5) is 10.9. The summed E-state index contributed by atoms with van der Waals surface area (Å²) in [6, 6.07) is 8.34. The van der Waals surface area contributed by atoms with Gasteiger partial charge in [-0.15, -0.1) is 0 Å². The molecular weight excluding hydrogens is 261 g/mol. The highest BCUT2D eigenvalue weighted by molar-refractivity contribution is 6.35. The van der Waals surface area contributed by atoms with Gasteiger partial charge in [-0.2, -0.15) is 0 Å². The van der Waals surface area contributed by atoms with E-state index >= 15 is 0 Å². The third-order valence-electron chi connectivity index (χ3n) is 2.55. The van der Waals surface area contributed by atoms with Gasteiger partial charge in [0.15, 0.2) is 0 Å². The molecule has 2 rings (SSSR count). The van der Waals surface area contributed by atoms with E-state index in [0.29, 0.717) is 15.6 Å². The van der Waals surface area contributed by atoms with Crippen molar-refractivity contribution in [2.45, 2.75) is 0 Å². The van der Waals surface area contributed by atoms with Crippen LogP contribution in [0.2, 0.25) is 10.0 Å². The highest BCUT2D eigenvalue weighted by atomic mass is 35.5. The van der Waals surface area contributed by atoms with Crippen molar-refractivity contribution in [1.82, 2.24) is 4.57 Å². The maximum absolute atomic E-state index is 10.9. The highest BCUT2D eigenvalue weighted by Gasteiger charge is 2.14. The minimum atomic E-state index is -0.975. The van der Waals surface area contributed by atoms with E-state index in [1.165, 1.54) is 6.07 Å². The summed E-state index contributed by atoms with van der Waals surface area (Å²) in [5.74, 6) is -0.975. The Bertz CT molecular complexity index is 590. The second kappa shape index (κ2) is 4.43. The van der Waals surface area contributed by atoms with Crippen LogP contribution in [-0.2, 0) is 7.05 Å². The number of rotatable bonds is 2. The number of aromatic nitrogens is 1. The highest BCUT2D eigenvalue weighted by Crippen LogP contribution is 2.31. The molecule has 0 fully saturated rings. The molecule has 1 aromatic heterocycles. The average molecular weight is 270 g/mol. The number of hydrogen-bond acceptors (Lipinski definition) is 1. The van der Waals surface area contributed by atoms with Gasteiger partial charge in [-0.3, -0.25) is 0 Å². The lowest BCUT2D eigenvalue weighted by atomic mass is 10.1. The zero-order valence-corrected chi connectivity index (χ0v) is 10.5. The van der Waals surface area contributed by atoms with Crippen molar-refractivity contribution in [2.24, 2.45) is 7.05 Å². The second-order valence-corrected chi connectivity index (χ2v) is 4.44. The Morgan fingerprint density at radius 2 is 1.94 bits per heavy atom. The number of benzene rings is 1. The zero-order valence-electron chi connectivity index (χ0n) is 8.95. The van der Waals surface area contributed by atoms with Gasteiger partial charge >= 0.3 is 5.97 Å². The fourth-order valence-corrected chi connectivity index (χ4v) is 2.08. The van der Waals surface area contributed by atoms with E-state index in [1.807, 2.05) is 0 Å². The fourth-order valence-electron chi connectivity index (χ4n) is 1.69. The van der Waals surface area contributed by atoms with E-state index in [-0.39, 0.29) is 5.69 Å². The third kappa shape index (κ3) is 2.16. The van der Waals surface area contributed by atoms with Crippen molar-refractivity contribution in [3.63, 3.8) is 0 Å². The standard InChI is InChI=1S/C12H9Cl2NO2/c1-15-10(4-5-11(15)12(16)17)8-6-7(13)2-3-9(8)14/h2-6H,1H3,(H,16,17). The summed E-state index contributed by atoms with van der Waals surface area (Å²) < 4.78 is 1.57. The molecule has 0 saturated heterocycles. The van der Waals surface area contributed by atoms with E-state index in [4.69, 9.17) is 28.3 Å². The Hall–Kier alpha value is -1.45. The molecular formula is C12H9Cl2NO2. The van der Waals surface area contributed by atoms with Crippen LogP contribution in [0.15, 0.2) is 30.3 Å². The van der Waals surface area contributed by atoms with Gasteiger partial charge in [0.05, 0.1) is 0 Å². The summed E-state index contributed by atoms with van der Waals surface area (Å²) in [5.41, 5.74) is 1.64. The smallest absolute Gasteiger partial charge is 0.352 e. The normalized spacial score (nSPS) is 10.5. The summed E-state index contributed by atoms with van der Waals surface area (Å²) in [6.45, 7) is 0. The van der Waals surface area contributed by atoms with Gasteiger partial charge in [-0.25, -0.2) is 4.79 Å². The van der Waals surface area contributed by atoms with Crippen molar-refractivity contribution in [1.29, 1.82) is 0 Å². The molecule has 0 aliphatic carbocycles. The van der Waals surface area contributed by atoms with Gasteiger partial charge in [0.2, 0.25) is 0 Å². The molecule has 17 heavy (non-hydrogen) atoms. The van der Waals surface area contributed by atoms with Crippen LogP contribution in [0.4, 0.5) is 0 Å². The van der Waals surface area contributed by atoms with Crippen LogP contribution >= 0.6 is 23.2 Å². The molecule has 0 saturated carbocycles. The average Bonchev–Trinajstić information content (AvgIpc) is 2.64. The molecule has 88 valence electrons. The number of carboxylic acid groups (broad SMARTS) is 1. The minimum Gasteiger partial charge on any atom is -0.477 e. The molecule has 1 heterocycles. The van der Waals surface area contributed by atoms with Crippen LogP contribution in [0, 0.1) is 0 Å². The van der Waals surface area contributed by atoms with E-state index < -0.39 is 5.97 Å². The number of carbonyl (C=O) groups is 1. The molecule has 3 nitrogen and oxygen atoms in total. The van der Waals surface area contributed by atoms with Crippen LogP contribution in [0.5, 0.6) is 0 Å². The van der Waals surface area contributed by atoms with Crippen LogP contribution in [0.1, 0.15) is 10.5 Å². The van der Waals surface area contributed by atoms with Crippen LogP contribution in [0.3, 0.4) is 0 Å². The molecule has 0 amide bonds. The molecule has 0 aliphatic heterocycles. The summed E-state index contributed by atoms with van der Waals surface area (Å²) in [6.07, 6.45) is 0. The Labute approximate surface area is 108 Å². The summed E-state index contributed by atoms with van der Waals surface area (Å²) in [5, 5.41) is 10.1. The van der Waals surface area contributed by atoms with Crippen molar-refractivity contribution in [3.8, 4) is 11.3 Å². The van der Waals surface area contributed by atoms with E-state index in [2.05, 4.69) is 0 Å². The first kappa shape index (κ1) is 12.0. The van der Waals surface area contributed by atoms with Crippen LogP contribution < -0.4 is 0 Å². The minimum absolute atomic E-state index is 0.205. The second-order valence-electron chi connectivity index (χ2n) is 3.59. The van der Waals surface area contributed by atoms with Crippen LogP contribution in [0.25, 0.3) is 11.3 Å². The molecule has 0 spiro atoms. The number of carboxylic acids is 1. The van der Waals surface area contributed by atoms with Gasteiger partial charge in [0.1, 0.15) is 5.69 Å². The lowest BCUT2D eigenvalue weighted by Gasteiger charge is -2.07. The molecule has 0 radical (unpaired) electrons.